The number of hydrogen-bond donors (Lipinski definition) is 1. The van der Waals surface area contributed by atoms with Crippen molar-refractivity contribution in [2.24, 2.45) is 0 Å². The lowest BCUT2D eigenvalue weighted by atomic mass is 10.1. The van der Waals surface area contributed by atoms with Crippen molar-refractivity contribution in [2.75, 3.05) is 5.32 Å². The van der Waals surface area contributed by atoms with Gasteiger partial charge in [-0.25, -0.2) is 0 Å². The molecule has 0 fully saturated rings. The molecule has 0 saturated heterocycles. The number of rotatable bonds is 4. The molecule has 0 aliphatic rings. The van der Waals surface area contributed by atoms with Crippen LogP contribution in [0.4, 0.5) is 5.69 Å². The van der Waals surface area contributed by atoms with Crippen LogP contribution in [0, 0.1) is 11.3 Å². The Morgan fingerprint density at radius 3 is 2.05 bits per heavy atom. The Morgan fingerprint density at radius 2 is 1.55 bits per heavy atom. The molecule has 1 unspecified atom stereocenters. The van der Waals surface area contributed by atoms with Crippen LogP contribution in [0.3, 0.4) is 0 Å². The summed E-state index contributed by atoms with van der Waals surface area (Å²) in [4.78, 5) is 0. The van der Waals surface area contributed by atoms with E-state index in [1.165, 1.54) is 5.19 Å². The molecule has 0 amide bonds. The summed E-state index contributed by atoms with van der Waals surface area (Å²) in [5.41, 5.74) is 1.98. The van der Waals surface area contributed by atoms with E-state index >= 15 is 0 Å². The van der Waals surface area contributed by atoms with Gasteiger partial charge in [0.1, 0.15) is 6.04 Å². The molecule has 20 heavy (non-hydrogen) atoms. The fraction of sp³-hybridized carbons (Fsp3) is 0.235. The Kier molecular flexibility index (Phi) is 4.26. The van der Waals surface area contributed by atoms with Crippen molar-refractivity contribution in [3.63, 3.8) is 0 Å². The maximum absolute atomic E-state index is 9.37. The van der Waals surface area contributed by atoms with Crippen LogP contribution < -0.4 is 10.5 Å². The highest BCUT2D eigenvalue weighted by Crippen LogP contribution is 2.18. The number of nitrogens with zero attached hydrogens (tertiary/aromatic N) is 1. The smallest absolute Gasteiger partial charge is 0.140 e. The minimum Gasteiger partial charge on any atom is -0.366 e. The zero-order chi connectivity index (χ0) is 14.6. The molecule has 1 atom stereocenters. The molecule has 0 heterocycles. The minimum absolute atomic E-state index is 0.312. The van der Waals surface area contributed by atoms with Gasteiger partial charge in [-0.15, -0.1) is 0 Å². The van der Waals surface area contributed by atoms with Crippen LogP contribution in [-0.2, 0) is 0 Å². The summed E-state index contributed by atoms with van der Waals surface area (Å²) >= 11 is 0. The maximum Gasteiger partial charge on any atom is 0.140 e. The van der Waals surface area contributed by atoms with Crippen molar-refractivity contribution in [3.05, 3.63) is 60.2 Å². The Balaban J connectivity index is 2.19. The topological polar surface area (TPSA) is 35.8 Å². The summed E-state index contributed by atoms with van der Waals surface area (Å²) in [6.07, 6.45) is 0. The molecule has 2 aromatic rings. The third-order valence-electron chi connectivity index (χ3n) is 3.32. The number of nitriles is 1. The number of anilines is 1. The highest BCUT2D eigenvalue weighted by molar-refractivity contribution is 6.88. The van der Waals surface area contributed by atoms with Crippen molar-refractivity contribution < 1.29 is 0 Å². The van der Waals surface area contributed by atoms with E-state index < -0.39 is 8.07 Å². The largest absolute Gasteiger partial charge is 0.366 e. The first-order valence-electron chi connectivity index (χ1n) is 6.82. The van der Waals surface area contributed by atoms with Gasteiger partial charge >= 0.3 is 0 Å². The minimum atomic E-state index is -1.28. The first kappa shape index (κ1) is 14.4. The molecule has 1 N–H and O–H groups in total. The van der Waals surface area contributed by atoms with E-state index in [1.54, 1.807) is 0 Å². The van der Waals surface area contributed by atoms with Gasteiger partial charge in [0.25, 0.3) is 0 Å². The zero-order valence-electron chi connectivity index (χ0n) is 12.2. The molecule has 0 aliphatic heterocycles. The molecule has 0 spiro atoms. The highest BCUT2D eigenvalue weighted by atomic mass is 28.3. The van der Waals surface area contributed by atoms with Gasteiger partial charge in [-0.3, -0.25) is 0 Å². The SMILES string of the molecule is C[Si](C)(C)c1ccc(C(C#N)Nc2ccccc2)cc1. The summed E-state index contributed by atoms with van der Waals surface area (Å²) in [5, 5.41) is 14.0. The lowest BCUT2D eigenvalue weighted by molar-refractivity contribution is 0.999. The molecular formula is C17H20N2Si. The first-order chi connectivity index (χ1) is 9.50. The van der Waals surface area contributed by atoms with Crippen LogP contribution in [0.15, 0.2) is 54.6 Å². The second-order valence-corrected chi connectivity index (χ2v) is 11.0. The monoisotopic (exact) mass is 280 g/mol. The lowest BCUT2D eigenvalue weighted by Gasteiger charge is -2.18. The standard InChI is InChI=1S/C17H20N2Si/c1-20(2,3)16-11-9-14(10-12-16)17(13-18)19-15-7-5-4-6-8-15/h4-12,17,19H,1-3H3. The molecule has 0 saturated carbocycles. The highest BCUT2D eigenvalue weighted by Gasteiger charge is 2.17. The van der Waals surface area contributed by atoms with E-state index in [2.05, 4.69) is 55.3 Å². The number of nitrogens with one attached hydrogen (secondary N) is 1. The average Bonchev–Trinajstić information content (AvgIpc) is 2.45. The maximum atomic E-state index is 9.37. The quantitative estimate of drug-likeness (QED) is 0.862. The molecule has 2 aromatic carbocycles. The molecule has 3 heteroatoms. The van der Waals surface area contributed by atoms with Crippen molar-refractivity contribution in [1.29, 1.82) is 5.26 Å². The molecule has 102 valence electrons. The summed E-state index contributed by atoms with van der Waals surface area (Å²) in [6.45, 7) is 6.98. The van der Waals surface area contributed by atoms with Gasteiger partial charge < -0.3 is 5.32 Å². The Labute approximate surface area is 122 Å². The summed E-state index contributed by atoms with van der Waals surface area (Å²) in [6, 6.07) is 20.3. The Bertz CT molecular complexity index is 592. The summed E-state index contributed by atoms with van der Waals surface area (Å²) in [5.74, 6) is 0. The summed E-state index contributed by atoms with van der Waals surface area (Å²) in [7, 11) is -1.28. The van der Waals surface area contributed by atoms with E-state index in [0.29, 0.717) is 0 Å². The van der Waals surface area contributed by atoms with Gasteiger partial charge in [-0.2, -0.15) is 5.26 Å². The Hall–Kier alpha value is -2.05. The van der Waals surface area contributed by atoms with E-state index in [9.17, 15) is 5.26 Å². The van der Waals surface area contributed by atoms with Gasteiger partial charge in [0.05, 0.1) is 14.1 Å². The van der Waals surface area contributed by atoms with Crippen LogP contribution in [0.1, 0.15) is 11.6 Å². The van der Waals surface area contributed by atoms with Crippen LogP contribution in [0.5, 0.6) is 0 Å². The van der Waals surface area contributed by atoms with Gasteiger partial charge in [0, 0.05) is 5.69 Å². The van der Waals surface area contributed by atoms with Crippen molar-refractivity contribution >= 4 is 18.9 Å². The third-order valence-corrected chi connectivity index (χ3v) is 5.39. The van der Waals surface area contributed by atoms with E-state index in [4.69, 9.17) is 0 Å². The van der Waals surface area contributed by atoms with Crippen molar-refractivity contribution in [1.82, 2.24) is 0 Å². The molecule has 0 radical (unpaired) electrons. The zero-order valence-corrected chi connectivity index (χ0v) is 13.2. The normalized spacial score (nSPS) is 12.5. The van der Waals surface area contributed by atoms with Gasteiger partial charge in [0.15, 0.2) is 0 Å². The van der Waals surface area contributed by atoms with Crippen LogP contribution in [0.2, 0.25) is 19.6 Å². The molecule has 0 bridgehead atoms. The van der Waals surface area contributed by atoms with Crippen molar-refractivity contribution in [2.45, 2.75) is 25.7 Å². The molecule has 2 nitrogen and oxygen atoms in total. The fourth-order valence-corrected chi connectivity index (χ4v) is 3.23. The van der Waals surface area contributed by atoms with Crippen LogP contribution in [0.25, 0.3) is 0 Å². The predicted molar refractivity (Wildman–Crippen MR) is 87.8 cm³/mol. The molecule has 2 rings (SSSR count). The Morgan fingerprint density at radius 1 is 0.950 bits per heavy atom. The molecule has 0 aromatic heterocycles. The van der Waals surface area contributed by atoms with E-state index in [1.807, 2.05) is 30.3 Å². The van der Waals surface area contributed by atoms with Gasteiger partial charge in [0.2, 0.25) is 0 Å². The summed E-state index contributed by atoms with van der Waals surface area (Å²) < 4.78 is 0. The second kappa shape index (κ2) is 5.94. The number of para-hydroxylation sites is 1. The second-order valence-electron chi connectivity index (χ2n) is 5.94. The van der Waals surface area contributed by atoms with Gasteiger partial charge in [-0.05, 0) is 17.7 Å². The average molecular weight is 280 g/mol. The van der Waals surface area contributed by atoms with E-state index in [0.717, 1.165) is 11.3 Å². The van der Waals surface area contributed by atoms with Crippen molar-refractivity contribution in [3.8, 4) is 6.07 Å². The van der Waals surface area contributed by atoms with E-state index in [-0.39, 0.29) is 6.04 Å². The molecule has 0 aliphatic carbocycles. The molecular weight excluding hydrogens is 260 g/mol. The fourth-order valence-electron chi connectivity index (χ4n) is 2.07. The third kappa shape index (κ3) is 3.49. The van der Waals surface area contributed by atoms with Crippen LogP contribution in [-0.4, -0.2) is 8.07 Å². The number of hydrogen-bond acceptors (Lipinski definition) is 2. The van der Waals surface area contributed by atoms with Gasteiger partial charge in [-0.1, -0.05) is 67.3 Å². The predicted octanol–water partition coefficient (Wildman–Crippen LogP) is 3.91. The van der Waals surface area contributed by atoms with Crippen LogP contribution >= 0.6 is 0 Å². The number of benzene rings is 2. The lowest BCUT2D eigenvalue weighted by Crippen LogP contribution is -2.37. The first-order valence-corrected chi connectivity index (χ1v) is 10.3.